The van der Waals surface area contributed by atoms with Crippen LogP contribution in [0, 0.1) is 17.2 Å². The van der Waals surface area contributed by atoms with Crippen molar-refractivity contribution in [2.45, 2.75) is 26.2 Å². The van der Waals surface area contributed by atoms with E-state index in [4.69, 9.17) is 5.26 Å². The molecule has 102 valence electrons. The van der Waals surface area contributed by atoms with Gasteiger partial charge in [0, 0.05) is 19.3 Å². The molecule has 0 aromatic carbocycles. The largest absolute Gasteiger partial charge is 0.354 e. The van der Waals surface area contributed by atoms with Gasteiger partial charge in [-0.15, -0.1) is 0 Å². The number of rotatable bonds is 5. The van der Waals surface area contributed by atoms with Crippen LogP contribution in [-0.4, -0.2) is 41.0 Å². The van der Waals surface area contributed by atoms with Crippen molar-refractivity contribution in [3.63, 3.8) is 0 Å². The topological polar surface area (TPSA) is 64.8 Å². The van der Waals surface area contributed by atoms with Gasteiger partial charge in [-0.25, -0.2) is 9.97 Å². The van der Waals surface area contributed by atoms with E-state index in [2.05, 4.69) is 27.1 Å². The molecule has 2 rings (SSSR count). The van der Waals surface area contributed by atoms with E-state index in [1.165, 1.54) is 32.4 Å². The molecule has 2 heterocycles. The summed E-state index contributed by atoms with van der Waals surface area (Å²) in [6.45, 7) is 6.64. The Hall–Kier alpha value is -1.67. The van der Waals surface area contributed by atoms with Crippen LogP contribution in [0.2, 0.25) is 0 Å². The summed E-state index contributed by atoms with van der Waals surface area (Å²) < 4.78 is 0. The molecule has 5 heteroatoms. The van der Waals surface area contributed by atoms with E-state index in [1.807, 2.05) is 6.07 Å². The lowest BCUT2D eigenvalue weighted by Gasteiger charge is -2.29. The molecule has 0 radical (unpaired) electrons. The number of hydrogen-bond acceptors (Lipinski definition) is 5. The van der Waals surface area contributed by atoms with Gasteiger partial charge in [0.2, 0.25) is 5.95 Å². The van der Waals surface area contributed by atoms with Gasteiger partial charge in [-0.2, -0.15) is 5.26 Å². The van der Waals surface area contributed by atoms with Crippen molar-refractivity contribution < 1.29 is 0 Å². The number of nitrogens with one attached hydrogen (secondary N) is 1. The Kier molecular flexibility index (Phi) is 5.10. The minimum absolute atomic E-state index is 0.404. The van der Waals surface area contributed by atoms with Crippen LogP contribution in [0.25, 0.3) is 0 Å². The van der Waals surface area contributed by atoms with E-state index < -0.39 is 0 Å². The second kappa shape index (κ2) is 7.05. The average Bonchev–Trinajstić information content (AvgIpc) is 2.46. The third-order valence-corrected chi connectivity index (χ3v) is 3.40. The Morgan fingerprint density at radius 1 is 1.42 bits per heavy atom. The van der Waals surface area contributed by atoms with Crippen LogP contribution in [-0.2, 0) is 0 Å². The summed E-state index contributed by atoms with van der Waals surface area (Å²) in [7, 11) is 0. The fraction of sp³-hybridized carbons (Fsp3) is 0.643. The fourth-order valence-electron chi connectivity index (χ4n) is 2.42. The molecule has 1 saturated heterocycles. The molecule has 1 unspecified atom stereocenters. The van der Waals surface area contributed by atoms with Crippen molar-refractivity contribution in [1.29, 1.82) is 5.26 Å². The van der Waals surface area contributed by atoms with Gasteiger partial charge in [0.25, 0.3) is 0 Å². The monoisotopic (exact) mass is 259 g/mol. The molecule has 0 amide bonds. The summed E-state index contributed by atoms with van der Waals surface area (Å²) in [5.74, 6) is 1.09. The van der Waals surface area contributed by atoms with E-state index in [0.29, 0.717) is 17.6 Å². The summed E-state index contributed by atoms with van der Waals surface area (Å²) in [5.41, 5.74) is 0.404. The van der Waals surface area contributed by atoms with Crippen molar-refractivity contribution in [2.24, 2.45) is 5.92 Å². The Bertz CT molecular complexity index is 434. The molecule has 0 spiro atoms. The van der Waals surface area contributed by atoms with Gasteiger partial charge in [0.05, 0.1) is 0 Å². The lowest BCUT2D eigenvalue weighted by molar-refractivity contribution is 0.204. The van der Waals surface area contributed by atoms with Crippen molar-refractivity contribution in [3.05, 3.63) is 18.0 Å². The van der Waals surface area contributed by atoms with Crippen molar-refractivity contribution in [1.82, 2.24) is 14.9 Å². The summed E-state index contributed by atoms with van der Waals surface area (Å²) >= 11 is 0. The van der Waals surface area contributed by atoms with E-state index in [1.54, 1.807) is 12.3 Å². The zero-order valence-corrected chi connectivity index (χ0v) is 11.5. The van der Waals surface area contributed by atoms with Gasteiger partial charge in [-0.1, -0.05) is 13.3 Å². The van der Waals surface area contributed by atoms with Crippen LogP contribution in [0.4, 0.5) is 5.95 Å². The number of likely N-dealkylation sites (tertiary alicyclic amines) is 1. The molecular weight excluding hydrogens is 238 g/mol. The molecule has 19 heavy (non-hydrogen) atoms. The second-order valence-electron chi connectivity index (χ2n) is 5.22. The first-order valence-electron chi connectivity index (χ1n) is 6.97. The number of aromatic nitrogens is 2. The fourth-order valence-corrected chi connectivity index (χ4v) is 2.42. The van der Waals surface area contributed by atoms with Crippen LogP contribution in [0.1, 0.15) is 31.9 Å². The molecule has 1 aromatic heterocycles. The van der Waals surface area contributed by atoms with E-state index in [0.717, 1.165) is 13.1 Å². The van der Waals surface area contributed by atoms with Gasteiger partial charge >= 0.3 is 0 Å². The van der Waals surface area contributed by atoms with Crippen LogP contribution >= 0.6 is 0 Å². The molecule has 1 aromatic rings. The first kappa shape index (κ1) is 13.8. The Morgan fingerprint density at radius 2 is 2.21 bits per heavy atom. The van der Waals surface area contributed by atoms with Crippen LogP contribution in [0.15, 0.2) is 12.3 Å². The molecule has 0 saturated carbocycles. The summed E-state index contributed by atoms with van der Waals surface area (Å²) in [5, 5.41) is 12.0. The molecule has 0 aliphatic carbocycles. The normalized spacial score (nSPS) is 17.7. The minimum atomic E-state index is 0.404. The van der Waals surface area contributed by atoms with Crippen molar-refractivity contribution in [2.75, 3.05) is 31.5 Å². The third kappa shape index (κ3) is 4.49. The maximum Gasteiger partial charge on any atom is 0.223 e. The zero-order valence-electron chi connectivity index (χ0n) is 11.5. The molecule has 1 aliphatic heterocycles. The van der Waals surface area contributed by atoms with E-state index in [9.17, 15) is 0 Å². The first-order valence-corrected chi connectivity index (χ1v) is 6.97. The molecule has 1 N–H and O–H groups in total. The maximum absolute atomic E-state index is 8.78. The number of hydrogen-bond donors (Lipinski definition) is 1. The smallest absolute Gasteiger partial charge is 0.223 e. The molecule has 1 aliphatic rings. The molecule has 5 nitrogen and oxygen atoms in total. The highest BCUT2D eigenvalue weighted by molar-refractivity contribution is 5.29. The highest BCUT2D eigenvalue weighted by Gasteiger charge is 2.13. The Labute approximate surface area is 114 Å². The molecule has 1 atom stereocenters. The number of nitrogens with zero attached hydrogens (tertiary/aromatic N) is 4. The van der Waals surface area contributed by atoms with Crippen LogP contribution in [0.5, 0.6) is 0 Å². The van der Waals surface area contributed by atoms with Gasteiger partial charge < -0.3 is 10.2 Å². The van der Waals surface area contributed by atoms with E-state index >= 15 is 0 Å². The number of nitriles is 1. The highest BCUT2D eigenvalue weighted by atomic mass is 15.1. The molecule has 0 bridgehead atoms. The van der Waals surface area contributed by atoms with Crippen molar-refractivity contribution in [3.8, 4) is 6.07 Å². The van der Waals surface area contributed by atoms with Gasteiger partial charge in [0.1, 0.15) is 11.8 Å². The summed E-state index contributed by atoms with van der Waals surface area (Å²) in [4.78, 5) is 10.8. The average molecular weight is 259 g/mol. The molecular formula is C14H21N5. The van der Waals surface area contributed by atoms with Crippen LogP contribution < -0.4 is 5.32 Å². The lowest BCUT2D eigenvalue weighted by Crippen LogP contribution is -2.35. The first-order chi connectivity index (χ1) is 9.28. The van der Waals surface area contributed by atoms with Gasteiger partial charge in [-0.05, 0) is 37.9 Å². The van der Waals surface area contributed by atoms with Crippen molar-refractivity contribution >= 4 is 5.95 Å². The second-order valence-corrected chi connectivity index (χ2v) is 5.22. The summed E-state index contributed by atoms with van der Waals surface area (Å²) in [6.07, 6.45) is 5.64. The van der Waals surface area contributed by atoms with Crippen LogP contribution in [0.3, 0.4) is 0 Å². The maximum atomic E-state index is 8.78. The SMILES string of the molecule is CC(CNc1nccc(C#N)n1)CN1CCCCC1. The highest BCUT2D eigenvalue weighted by Crippen LogP contribution is 2.11. The number of piperidine rings is 1. The quantitative estimate of drug-likeness (QED) is 0.874. The Morgan fingerprint density at radius 3 is 2.95 bits per heavy atom. The van der Waals surface area contributed by atoms with Gasteiger partial charge in [-0.3, -0.25) is 0 Å². The third-order valence-electron chi connectivity index (χ3n) is 3.40. The summed E-state index contributed by atoms with van der Waals surface area (Å²) in [6, 6.07) is 3.63. The predicted octanol–water partition coefficient (Wildman–Crippen LogP) is 1.88. The van der Waals surface area contributed by atoms with Gasteiger partial charge in [0.15, 0.2) is 0 Å². The predicted molar refractivity (Wildman–Crippen MR) is 74.7 cm³/mol. The lowest BCUT2D eigenvalue weighted by atomic mass is 10.1. The van der Waals surface area contributed by atoms with E-state index in [-0.39, 0.29) is 0 Å². The standard InChI is InChI=1S/C14H21N5/c1-12(11-19-7-3-2-4-8-19)10-17-14-16-6-5-13(9-15)18-14/h5-6,12H,2-4,7-8,10-11H2,1H3,(H,16,17,18). The minimum Gasteiger partial charge on any atom is -0.354 e. The Balaban J connectivity index is 1.76. The number of anilines is 1. The zero-order chi connectivity index (χ0) is 13.5. The molecule has 1 fully saturated rings.